The Labute approximate surface area is 125 Å². The summed E-state index contributed by atoms with van der Waals surface area (Å²) in [6.07, 6.45) is 3.93. The first kappa shape index (κ1) is 14.0. The molecule has 2 aromatic rings. The quantitative estimate of drug-likeness (QED) is 0.840. The molecule has 20 heavy (non-hydrogen) atoms. The van der Waals surface area contributed by atoms with Gasteiger partial charge in [0.15, 0.2) is 0 Å². The Morgan fingerprint density at radius 2 is 1.85 bits per heavy atom. The van der Waals surface area contributed by atoms with Crippen molar-refractivity contribution < 1.29 is 0 Å². The Morgan fingerprint density at radius 1 is 1.15 bits per heavy atom. The van der Waals surface area contributed by atoms with Crippen LogP contribution in [0.2, 0.25) is 5.02 Å². The molecule has 2 nitrogen and oxygen atoms in total. The minimum absolute atomic E-state index is 0.622. The predicted octanol–water partition coefficient (Wildman–Crippen LogP) is 4.74. The van der Waals surface area contributed by atoms with Crippen LogP contribution in [0.25, 0.3) is 10.9 Å². The molecule has 2 unspecified atom stereocenters. The summed E-state index contributed by atoms with van der Waals surface area (Å²) in [4.78, 5) is 3.43. The van der Waals surface area contributed by atoms with E-state index in [4.69, 9.17) is 11.6 Å². The molecule has 2 atom stereocenters. The molecule has 0 spiro atoms. The number of halogens is 1. The molecule has 1 aliphatic carbocycles. The Balaban J connectivity index is 1.69. The zero-order valence-corrected chi connectivity index (χ0v) is 13.0. The van der Waals surface area contributed by atoms with Crippen LogP contribution in [0.4, 0.5) is 0 Å². The van der Waals surface area contributed by atoms with Gasteiger partial charge < -0.3 is 10.3 Å². The highest BCUT2D eigenvalue weighted by Crippen LogP contribution is 2.30. The Kier molecular flexibility index (Phi) is 4.04. The lowest BCUT2D eigenvalue weighted by Gasteiger charge is -2.32. The fraction of sp³-hybridized carbons (Fsp3) is 0.529. The average molecular weight is 291 g/mol. The predicted molar refractivity (Wildman–Crippen MR) is 86.1 cm³/mol. The van der Waals surface area contributed by atoms with Crippen molar-refractivity contribution in [1.82, 2.24) is 10.3 Å². The molecule has 0 saturated heterocycles. The van der Waals surface area contributed by atoms with Crippen LogP contribution in [0.15, 0.2) is 24.3 Å². The minimum atomic E-state index is 0.622. The van der Waals surface area contributed by atoms with Gasteiger partial charge in [0, 0.05) is 29.2 Å². The summed E-state index contributed by atoms with van der Waals surface area (Å²) in [5.74, 6) is 1.66. The molecule has 1 aromatic heterocycles. The highest BCUT2D eigenvalue weighted by Gasteiger charge is 2.23. The second-order valence-electron chi connectivity index (χ2n) is 6.46. The summed E-state index contributed by atoms with van der Waals surface area (Å²) in [5.41, 5.74) is 2.23. The second-order valence-corrected chi connectivity index (χ2v) is 6.84. The number of rotatable bonds is 3. The summed E-state index contributed by atoms with van der Waals surface area (Å²) in [6.45, 7) is 5.55. The van der Waals surface area contributed by atoms with E-state index in [2.05, 4.69) is 36.3 Å². The topological polar surface area (TPSA) is 27.8 Å². The molecular weight excluding hydrogens is 268 g/mol. The van der Waals surface area contributed by atoms with Gasteiger partial charge in [-0.2, -0.15) is 0 Å². The summed E-state index contributed by atoms with van der Waals surface area (Å²) in [7, 11) is 0. The highest BCUT2D eigenvalue weighted by molar-refractivity contribution is 6.36. The van der Waals surface area contributed by atoms with Crippen molar-refractivity contribution >= 4 is 22.5 Å². The van der Waals surface area contributed by atoms with Crippen LogP contribution in [-0.2, 0) is 6.54 Å². The molecule has 1 aromatic carbocycles. The monoisotopic (exact) mass is 290 g/mol. The molecule has 0 radical (unpaired) electrons. The molecule has 1 heterocycles. The SMILES string of the molecule is CC1CC(C)CC(NCc2[nH]c3ccccc3c2Cl)C1. The van der Waals surface area contributed by atoms with Crippen molar-refractivity contribution in [2.75, 3.05) is 0 Å². The number of fused-ring (bicyclic) bond motifs is 1. The molecule has 0 aliphatic heterocycles. The normalized spacial score (nSPS) is 27.1. The zero-order valence-electron chi connectivity index (χ0n) is 12.2. The van der Waals surface area contributed by atoms with Gasteiger partial charge in [0.05, 0.1) is 5.02 Å². The Bertz CT molecular complexity index is 580. The lowest BCUT2D eigenvalue weighted by Crippen LogP contribution is -2.36. The van der Waals surface area contributed by atoms with Crippen LogP contribution in [0, 0.1) is 11.8 Å². The Hall–Kier alpha value is -0.990. The van der Waals surface area contributed by atoms with Gasteiger partial charge in [-0.3, -0.25) is 0 Å². The molecule has 108 valence electrons. The van der Waals surface area contributed by atoms with Crippen molar-refractivity contribution in [1.29, 1.82) is 0 Å². The number of para-hydroxylation sites is 1. The molecule has 1 aliphatic rings. The van der Waals surface area contributed by atoms with Crippen LogP contribution in [0.1, 0.15) is 38.8 Å². The van der Waals surface area contributed by atoms with E-state index in [1.165, 1.54) is 19.3 Å². The molecular formula is C17H23ClN2. The van der Waals surface area contributed by atoms with E-state index in [1.54, 1.807) is 0 Å². The zero-order chi connectivity index (χ0) is 14.1. The third kappa shape index (κ3) is 2.87. The van der Waals surface area contributed by atoms with E-state index in [1.807, 2.05) is 12.1 Å². The lowest BCUT2D eigenvalue weighted by molar-refractivity contribution is 0.238. The van der Waals surface area contributed by atoms with E-state index in [-0.39, 0.29) is 0 Å². The molecule has 1 saturated carbocycles. The second kappa shape index (κ2) is 5.79. The minimum Gasteiger partial charge on any atom is -0.356 e. The van der Waals surface area contributed by atoms with Crippen molar-refractivity contribution in [3.8, 4) is 0 Å². The van der Waals surface area contributed by atoms with Gasteiger partial charge in [0.25, 0.3) is 0 Å². The summed E-state index contributed by atoms with van der Waals surface area (Å²) in [6, 6.07) is 8.84. The maximum atomic E-state index is 6.46. The third-order valence-electron chi connectivity index (χ3n) is 4.46. The molecule has 0 amide bonds. The number of hydrogen-bond donors (Lipinski definition) is 2. The van der Waals surface area contributed by atoms with E-state index < -0.39 is 0 Å². The first-order chi connectivity index (χ1) is 9.63. The van der Waals surface area contributed by atoms with Gasteiger partial charge in [-0.25, -0.2) is 0 Å². The van der Waals surface area contributed by atoms with Crippen LogP contribution < -0.4 is 5.32 Å². The molecule has 3 heteroatoms. The summed E-state index contributed by atoms with van der Waals surface area (Å²) < 4.78 is 0. The number of benzene rings is 1. The van der Waals surface area contributed by atoms with E-state index in [9.17, 15) is 0 Å². The van der Waals surface area contributed by atoms with E-state index in [0.717, 1.165) is 40.0 Å². The van der Waals surface area contributed by atoms with Gasteiger partial charge in [-0.15, -0.1) is 0 Å². The Morgan fingerprint density at radius 3 is 2.55 bits per heavy atom. The number of aromatic nitrogens is 1. The fourth-order valence-corrected chi connectivity index (χ4v) is 3.92. The van der Waals surface area contributed by atoms with Gasteiger partial charge in [0.1, 0.15) is 0 Å². The number of nitrogens with one attached hydrogen (secondary N) is 2. The van der Waals surface area contributed by atoms with E-state index in [0.29, 0.717) is 6.04 Å². The number of aromatic amines is 1. The highest BCUT2D eigenvalue weighted by atomic mass is 35.5. The maximum Gasteiger partial charge on any atom is 0.0705 e. The standard InChI is InChI=1S/C17H23ClN2/c1-11-7-12(2)9-13(8-11)19-10-16-17(18)14-5-3-4-6-15(14)20-16/h3-6,11-13,19-20H,7-10H2,1-2H3. The lowest BCUT2D eigenvalue weighted by atomic mass is 9.80. The van der Waals surface area contributed by atoms with Gasteiger partial charge in [0.2, 0.25) is 0 Å². The van der Waals surface area contributed by atoms with E-state index >= 15 is 0 Å². The largest absolute Gasteiger partial charge is 0.356 e. The first-order valence-electron chi connectivity index (χ1n) is 7.62. The summed E-state index contributed by atoms with van der Waals surface area (Å²) in [5, 5.41) is 5.67. The maximum absolute atomic E-state index is 6.46. The summed E-state index contributed by atoms with van der Waals surface area (Å²) >= 11 is 6.46. The van der Waals surface area contributed by atoms with Crippen molar-refractivity contribution in [3.05, 3.63) is 35.0 Å². The average Bonchev–Trinajstić information content (AvgIpc) is 2.73. The smallest absolute Gasteiger partial charge is 0.0705 e. The number of H-pyrrole nitrogens is 1. The van der Waals surface area contributed by atoms with Gasteiger partial charge >= 0.3 is 0 Å². The van der Waals surface area contributed by atoms with Gasteiger partial charge in [-0.1, -0.05) is 43.6 Å². The first-order valence-corrected chi connectivity index (χ1v) is 7.99. The molecule has 0 bridgehead atoms. The van der Waals surface area contributed by atoms with Crippen LogP contribution in [0.5, 0.6) is 0 Å². The van der Waals surface area contributed by atoms with Gasteiger partial charge in [-0.05, 0) is 37.2 Å². The van der Waals surface area contributed by atoms with Crippen molar-refractivity contribution in [3.63, 3.8) is 0 Å². The van der Waals surface area contributed by atoms with Crippen LogP contribution in [0.3, 0.4) is 0 Å². The van der Waals surface area contributed by atoms with Crippen LogP contribution >= 0.6 is 11.6 Å². The van der Waals surface area contributed by atoms with Crippen molar-refractivity contribution in [2.45, 2.75) is 45.7 Å². The molecule has 2 N–H and O–H groups in total. The molecule has 3 rings (SSSR count). The molecule has 1 fully saturated rings. The van der Waals surface area contributed by atoms with Crippen LogP contribution in [-0.4, -0.2) is 11.0 Å². The number of hydrogen-bond acceptors (Lipinski definition) is 1. The van der Waals surface area contributed by atoms with Crippen molar-refractivity contribution in [2.24, 2.45) is 11.8 Å². The third-order valence-corrected chi connectivity index (χ3v) is 4.89. The fourth-order valence-electron chi connectivity index (χ4n) is 3.65.